The summed E-state index contributed by atoms with van der Waals surface area (Å²) in [6.45, 7) is 1.63. The number of amides is 6. The minimum atomic E-state index is -1.52. The van der Waals surface area contributed by atoms with Gasteiger partial charge in [-0.25, -0.2) is 9.59 Å². The first kappa shape index (κ1) is 68.8. The van der Waals surface area contributed by atoms with Gasteiger partial charge in [-0.3, -0.25) is 33.6 Å². The average molecular weight is 1250 g/mol. The van der Waals surface area contributed by atoms with Crippen molar-refractivity contribution in [2.24, 2.45) is 5.41 Å². The van der Waals surface area contributed by atoms with Crippen LogP contribution in [0.15, 0.2) is 133 Å². The van der Waals surface area contributed by atoms with Crippen molar-refractivity contribution in [3.05, 3.63) is 161 Å². The Bertz CT molecular complexity index is 3400. The second-order valence-electron chi connectivity index (χ2n) is 23.5. The summed E-state index contributed by atoms with van der Waals surface area (Å²) in [5, 5.41) is 26.7. The number of benzene rings is 5. The highest BCUT2D eigenvalue weighted by Gasteiger charge is 2.43. The molecule has 0 saturated carbocycles. The van der Waals surface area contributed by atoms with Gasteiger partial charge in [0.1, 0.15) is 48.4 Å². The van der Waals surface area contributed by atoms with Crippen LogP contribution in [-0.2, 0) is 78.3 Å². The van der Waals surface area contributed by atoms with E-state index in [2.05, 4.69) is 10.6 Å². The van der Waals surface area contributed by atoms with E-state index in [0.717, 1.165) is 10.5 Å². The second-order valence-corrected chi connectivity index (χ2v) is 23.5. The lowest BCUT2D eigenvalue weighted by Gasteiger charge is -2.36. The number of likely N-dealkylation sites (N-methyl/N-ethyl adjacent to an activating group) is 3. The van der Waals surface area contributed by atoms with E-state index in [1.54, 1.807) is 85.9 Å². The van der Waals surface area contributed by atoms with Gasteiger partial charge in [-0.2, -0.15) is 0 Å². The normalized spacial score (nSPS) is 21.0. The first-order chi connectivity index (χ1) is 43.5. The van der Waals surface area contributed by atoms with E-state index in [-0.39, 0.29) is 80.4 Å². The predicted octanol–water partition coefficient (Wildman–Crippen LogP) is 6.02. The summed E-state index contributed by atoms with van der Waals surface area (Å²) in [5.41, 5.74) is 1.48. The van der Waals surface area contributed by atoms with Crippen molar-refractivity contribution in [1.82, 2.24) is 30.2 Å². The number of cyclic esters (lactones) is 2. The molecule has 1 saturated heterocycles. The fraction of sp³-hybridized carbons (Fsp3) is 0.406. The number of hydrogen-bond acceptors (Lipinski definition) is 16. The number of carbonyl (C=O) groups is 9. The molecule has 6 amide bonds. The number of allylic oxidation sites excluding steroid dienone is 1. The largest absolute Gasteiger partial charge is 0.508 e. The smallest absolute Gasteiger partial charge is 0.330 e. The molecule has 2 bridgehead atoms. The van der Waals surface area contributed by atoms with E-state index in [1.165, 1.54) is 81.1 Å². The Labute approximate surface area is 530 Å². The number of carbonyl (C=O) groups excluding carboxylic acids is 9. The van der Waals surface area contributed by atoms with Crippen molar-refractivity contribution >= 4 is 53.2 Å². The van der Waals surface area contributed by atoms with Gasteiger partial charge < -0.3 is 64.1 Å². The monoisotopic (exact) mass is 1250 g/mol. The molecule has 0 aliphatic carbocycles. The fourth-order valence-corrected chi connectivity index (χ4v) is 10.8. The van der Waals surface area contributed by atoms with Crippen LogP contribution in [0.2, 0.25) is 0 Å². The standard InChI is InChI=1S/C69H82N6O16/c1-69(2)44-90-61(80)27-15-10-17-34-72(3)65(83)52(36-45-20-11-8-12-21-45)70-59(78)42-73(4)66(84)53(37-46-22-13-9-14-23-46)71-64(82)55(38-47-28-31-50(76)32-29-47)74(5)60(79)43-89-51-25-19-24-49(41-51)57(33-30-48-39-56(77)62(88-7)58(40-48)87-6)91-68(86)54-26-16-18-35-75(54)67(85)63(69)81/h8-9,11-15,19-25,27-29,31-32,39-41,52-55,57,76-77H,10,16-18,26,30,33-38,42-44H2,1-7H3,(H,70,78)(H,71,82)/t52-,53-,54+,55+,57-/m1/s1. The number of ether oxygens (including phenoxy) is 5. The minimum absolute atomic E-state index is 0.0152. The summed E-state index contributed by atoms with van der Waals surface area (Å²) in [5.74, 6) is -6.19. The summed E-state index contributed by atoms with van der Waals surface area (Å²) in [6, 6.07) is 28.9. The van der Waals surface area contributed by atoms with Crippen LogP contribution in [0.5, 0.6) is 28.7 Å². The lowest BCUT2D eigenvalue weighted by atomic mass is 9.87. The Morgan fingerprint density at radius 1 is 0.659 bits per heavy atom. The van der Waals surface area contributed by atoms with Crippen molar-refractivity contribution < 1.29 is 77.0 Å². The van der Waals surface area contributed by atoms with Crippen LogP contribution in [0, 0.1) is 5.41 Å². The highest BCUT2D eigenvalue weighted by Crippen LogP contribution is 2.39. The third-order valence-electron chi connectivity index (χ3n) is 16.1. The highest BCUT2D eigenvalue weighted by atomic mass is 16.5. The van der Waals surface area contributed by atoms with E-state index >= 15 is 0 Å². The van der Waals surface area contributed by atoms with Crippen LogP contribution >= 0.6 is 0 Å². The van der Waals surface area contributed by atoms with Crippen LogP contribution < -0.4 is 24.8 Å². The molecule has 0 unspecified atom stereocenters. The Morgan fingerprint density at radius 3 is 1.97 bits per heavy atom. The zero-order valence-corrected chi connectivity index (χ0v) is 52.6. The first-order valence-electron chi connectivity index (χ1n) is 30.3. The van der Waals surface area contributed by atoms with Crippen molar-refractivity contribution in [2.45, 2.75) is 108 Å². The van der Waals surface area contributed by atoms with E-state index in [4.69, 9.17) is 23.7 Å². The molecular formula is C69H82N6O16. The van der Waals surface area contributed by atoms with Gasteiger partial charge in [0.15, 0.2) is 18.1 Å². The Hall–Kier alpha value is -9.73. The third-order valence-corrected chi connectivity index (χ3v) is 16.1. The highest BCUT2D eigenvalue weighted by molar-refractivity contribution is 6.38. The van der Waals surface area contributed by atoms with Crippen molar-refractivity contribution in [1.29, 1.82) is 0 Å². The van der Waals surface area contributed by atoms with Crippen LogP contribution in [0.4, 0.5) is 0 Å². The van der Waals surface area contributed by atoms with Crippen molar-refractivity contribution in [2.75, 3.05) is 68.2 Å². The molecule has 2 heterocycles. The molecule has 5 aromatic rings. The average Bonchev–Trinajstić information content (AvgIpc) is 1.22. The van der Waals surface area contributed by atoms with Crippen LogP contribution in [-0.4, -0.2) is 175 Å². The molecule has 5 atom stereocenters. The zero-order valence-electron chi connectivity index (χ0n) is 52.6. The molecule has 7 rings (SSSR count). The Kier molecular flexibility index (Phi) is 24.7. The number of phenols is 2. The topological polar surface area (TPSA) is 277 Å². The lowest BCUT2D eigenvalue weighted by Crippen LogP contribution is -2.57. The number of methoxy groups -OCH3 is 2. The second kappa shape index (κ2) is 32.7. The summed E-state index contributed by atoms with van der Waals surface area (Å²) in [7, 11) is 7.22. The number of hydrogen-bond donors (Lipinski definition) is 4. The number of esters is 2. The van der Waals surface area contributed by atoms with Gasteiger partial charge in [-0.05, 0) is 123 Å². The predicted molar refractivity (Wildman–Crippen MR) is 336 cm³/mol. The summed E-state index contributed by atoms with van der Waals surface area (Å²) in [6.07, 6.45) is 3.96. The van der Waals surface area contributed by atoms with Gasteiger partial charge in [-0.1, -0.05) is 91.0 Å². The molecular weight excluding hydrogens is 1170 g/mol. The number of piperidine rings is 1. The summed E-state index contributed by atoms with van der Waals surface area (Å²) >= 11 is 0. The number of Topliss-reactive ketones (excluding diaryl/α,β-unsaturated/α-hetero) is 1. The van der Waals surface area contributed by atoms with Gasteiger partial charge in [0.05, 0.1) is 26.2 Å². The van der Waals surface area contributed by atoms with Gasteiger partial charge >= 0.3 is 11.9 Å². The number of aromatic hydroxyl groups is 2. The van der Waals surface area contributed by atoms with E-state index in [9.17, 15) is 53.4 Å². The SMILES string of the molecule is COc1cc(CC[C@H]2OC(=O)[C@@H]3CCCCN3C(=O)C(=O)C(C)(C)COC(=O)C=CCCCN(C)C(=O)[C@@H](Cc3ccccc3)NC(=O)CN(C)C(=O)[C@@H](Cc3ccccc3)NC(=O)[C@H](Cc3ccc(O)cc3)N(C)C(=O)COc3cccc2c3)cc(O)c1OC. The van der Waals surface area contributed by atoms with Gasteiger partial charge in [-0.15, -0.1) is 0 Å². The minimum Gasteiger partial charge on any atom is -0.508 e. The molecule has 2 aliphatic heterocycles. The number of ketones is 1. The van der Waals surface area contributed by atoms with Gasteiger partial charge in [0, 0.05) is 59.6 Å². The van der Waals surface area contributed by atoms with E-state index < -0.39 is 109 Å². The maximum absolute atomic E-state index is 14.9. The molecule has 91 heavy (non-hydrogen) atoms. The molecule has 1 fully saturated rings. The molecule has 0 radical (unpaired) electrons. The number of rotatable bonds is 11. The number of aryl methyl sites for hydroxylation is 1. The number of fused-ring (bicyclic) bond motifs is 3. The molecule has 0 spiro atoms. The molecule has 22 heteroatoms. The van der Waals surface area contributed by atoms with Gasteiger partial charge in [0.2, 0.25) is 35.2 Å². The number of nitrogens with one attached hydrogen (secondary N) is 2. The van der Waals surface area contributed by atoms with E-state index in [0.29, 0.717) is 47.9 Å². The van der Waals surface area contributed by atoms with Crippen molar-refractivity contribution in [3.8, 4) is 28.7 Å². The lowest BCUT2D eigenvalue weighted by molar-refractivity contribution is -0.165. The maximum atomic E-state index is 14.9. The zero-order chi connectivity index (χ0) is 65.8. The Morgan fingerprint density at radius 2 is 1.31 bits per heavy atom. The van der Waals surface area contributed by atoms with Crippen LogP contribution in [0.25, 0.3) is 0 Å². The molecule has 484 valence electrons. The quantitative estimate of drug-likeness (QED) is 0.0869. The van der Waals surface area contributed by atoms with E-state index in [1.807, 2.05) is 30.3 Å². The first-order valence-corrected chi connectivity index (χ1v) is 30.3. The third kappa shape index (κ3) is 19.4. The van der Waals surface area contributed by atoms with Crippen molar-refractivity contribution in [3.63, 3.8) is 0 Å². The molecule has 2 aliphatic rings. The number of phenolic OH excluding ortho intramolecular Hbond substituents is 2. The van der Waals surface area contributed by atoms with Gasteiger partial charge in [0.25, 0.3) is 11.8 Å². The maximum Gasteiger partial charge on any atom is 0.330 e. The molecule has 4 N–H and O–H groups in total. The molecule has 22 nitrogen and oxygen atoms in total. The summed E-state index contributed by atoms with van der Waals surface area (Å²) < 4.78 is 28.8. The molecule has 5 aromatic carbocycles. The fourth-order valence-electron chi connectivity index (χ4n) is 10.8. The summed E-state index contributed by atoms with van der Waals surface area (Å²) in [4.78, 5) is 133. The van der Waals surface area contributed by atoms with Crippen LogP contribution in [0.1, 0.15) is 86.3 Å². The number of nitrogens with zero attached hydrogens (tertiary/aromatic N) is 4. The Balaban J connectivity index is 1.21. The molecule has 0 aromatic heterocycles. The van der Waals surface area contributed by atoms with Crippen LogP contribution in [0.3, 0.4) is 0 Å².